The van der Waals surface area contributed by atoms with Crippen molar-refractivity contribution in [2.24, 2.45) is 0 Å². The number of ether oxygens (including phenoxy) is 1. The van der Waals surface area contributed by atoms with E-state index in [1.54, 1.807) is 24.3 Å². The van der Waals surface area contributed by atoms with Gasteiger partial charge in [-0.3, -0.25) is 9.59 Å². The van der Waals surface area contributed by atoms with Crippen LogP contribution in [0.3, 0.4) is 0 Å². The Bertz CT molecular complexity index is 666. The first kappa shape index (κ1) is 14.2. The molecule has 1 aromatic heterocycles. The number of amides is 1. The van der Waals surface area contributed by atoms with Crippen molar-refractivity contribution in [3.63, 3.8) is 0 Å². The largest absolute Gasteiger partial charge is 0.389 e. The maximum absolute atomic E-state index is 12.2. The highest BCUT2D eigenvalue weighted by Gasteiger charge is 2.13. The zero-order valence-electron chi connectivity index (χ0n) is 11.1. The lowest BCUT2D eigenvalue weighted by molar-refractivity contribution is 0.0609. The van der Waals surface area contributed by atoms with Gasteiger partial charge in [0, 0.05) is 30.8 Å². The summed E-state index contributed by atoms with van der Waals surface area (Å²) in [5.74, 6) is -0.521. The van der Waals surface area contributed by atoms with Gasteiger partial charge in [-0.15, -0.1) is 0 Å². The molecule has 1 atom stereocenters. The topological polar surface area (TPSA) is 91.4 Å². The molecule has 0 radical (unpaired) electrons. The summed E-state index contributed by atoms with van der Waals surface area (Å²) in [7, 11) is 1.46. The number of carbonyl (C=O) groups excluding carboxylic acids is 1. The molecular formula is C14H16N2O4. The van der Waals surface area contributed by atoms with Gasteiger partial charge in [0.05, 0.1) is 12.7 Å². The van der Waals surface area contributed by atoms with E-state index in [2.05, 4.69) is 10.3 Å². The van der Waals surface area contributed by atoms with E-state index in [1.165, 1.54) is 13.3 Å². The van der Waals surface area contributed by atoms with E-state index in [9.17, 15) is 14.7 Å². The van der Waals surface area contributed by atoms with E-state index < -0.39 is 12.0 Å². The molecule has 6 nitrogen and oxygen atoms in total. The molecule has 0 spiro atoms. The van der Waals surface area contributed by atoms with Crippen LogP contribution in [0.4, 0.5) is 0 Å². The average Bonchev–Trinajstić information content (AvgIpc) is 2.46. The fraction of sp³-hybridized carbons (Fsp3) is 0.286. The molecule has 1 heterocycles. The molecule has 2 aromatic rings. The highest BCUT2D eigenvalue weighted by atomic mass is 16.5. The number of hydrogen-bond donors (Lipinski definition) is 3. The fourth-order valence-electron chi connectivity index (χ4n) is 1.89. The third-order valence-electron chi connectivity index (χ3n) is 2.89. The molecule has 6 heteroatoms. The standard InChI is InChI=1S/C14H16N2O4/c1-20-8-9(17)6-16-14(19)11-7-15-12-5-3-2-4-10(12)13(11)18/h2-5,7,9,17H,6,8H2,1H3,(H,15,18)(H,16,19). The van der Waals surface area contributed by atoms with Gasteiger partial charge in [-0.2, -0.15) is 0 Å². The molecule has 0 aliphatic carbocycles. The lowest BCUT2D eigenvalue weighted by Crippen LogP contribution is -2.36. The van der Waals surface area contributed by atoms with Crippen LogP contribution in [-0.4, -0.2) is 42.4 Å². The maximum atomic E-state index is 12.2. The van der Waals surface area contributed by atoms with Gasteiger partial charge in [-0.05, 0) is 12.1 Å². The van der Waals surface area contributed by atoms with E-state index in [0.29, 0.717) is 10.9 Å². The second-order valence-electron chi connectivity index (χ2n) is 4.40. The number of aliphatic hydroxyl groups is 1. The predicted molar refractivity (Wildman–Crippen MR) is 74.8 cm³/mol. The average molecular weight is 276 g/mol. The molecule has 3 N–H and O–H groups in total. The first-order valence-corrected chi connectivity index (χ1v) is 6.19. The van der Waals surface area contributed by atoms with Crippen LogP contribution >= 0.6 is 0 Å². The summed E-state index contributed by atoms with van der Waals surface area (Å²) < 4.78 is 4.75. The number of aromatic nitrogens is 1. The quantitative estimate of drug-likeness (QED) is 0.730. The van der Waals surface area contributed by atoms with Crippen LogP contribution in [-0.2, 0) is 4.74 Å². The third kappa shape index (κ3) is 3.04. The molecule has 1 aromatic carbocycles. The summed E-state index contributed by atoms with van der Waals surface area (Å²) in [4.78, 5) is 27.0. The van der Waals surface area contributed by atoms with Gasteiger partial charge in [0.25, 0.3) is 5.91 Å². The number of nitrogens with one attached hydrogen (secondary N) is 2. The molecule has 106 valence electrons. The van der Waals surface area contributed by atoms with Gasteiger partial charge in [-0.25, -0.2) is 0 Å². The van der Waals surface area contributed by atoms with Crippen molar-refractivity contribution in [3.05, 3.63) is 46.2 Å². The first-order valence-electron chi connectivity index (χ1n) is 6.19. The van der Waals surface area contributed by atoms with Crippen molar-refractivity contribution in [2.45, 2.75) is 6.10 Å². The Kier molecular flexibility index (Phi) is 4.49. The SMILES string of the molecule is COCC(O)CNC(=O)c1c[nH]c2ccccc2c1=O. The van der Waals surface area contributed by atoms with E-state index in [1.807, 2.05) is 0 Å². The van der Waals surface area contributed by atoms with Crippen LogP contribution in [0.1, 0.15) is 10.4 Å². The number of aliphatic hydroxyl groups excluding tert-OH is 1. The highest BCUT2D eigenvalue weighted by Crippen LogP contribution is 2.06. The number of H-pyrrole nitrogens is 1. The molecule has 0 fully saturated rings. The molecule has 2 rings (SSSR count). The van der Waals surface area contributed by atoms with Crippen LogP contribution in [0.5, 0.6) is 0 Å². The second-order valence-corrected chi connectivity index (χ2v) is 4.40. The lowest BCUT2D eigenvalue weighted by Gasteiger charge is -2.10. The summed E-state index contributed by atoms with van der Waals surface area (Å²) >= 11 is 0. The Morgan fingerprint density at radius 3 is 2.95 bits per heavy atom. The molecule has 1 amide bonds. The number of benzene rings is 1. The number of carbonyl (C=O) groups is 1. The molecule has 1 unspecified atom stereocenters. The van der Waals surface area contributed by atoms with Crippen molar-refractivity contribution >= 4 is 16.8 Å². The Labute approximate surface area is 115 Å². The molecule has 0 bridgehead atoms. The maximum Gasteiger partial charge on any atom is 0.256 e. The number of aromatic amines is 1. The Morgan fingerprint density at radius 1 is 1.45 bits per heavy atom. The number of methoxy groups -OCH3 is 1. The number of pyridine rings is 1. The second kappa shape index (κ2) is 6.31. The zero-order valence-corrected chi connectivity index (χ0v) is 11.1. The molecule has 0 saturated carbocycles. The van der Waals surface area contributed by atoms with E-state index in [0.717, 1.165) is 0 Å². The van der Waals surface area contributed by atoms with Crippen molar-refractivity contribution in [2.75, 3.05) is 20.3 Å². The highest BCUT2D eigenvalue weighted by molar-refractivity contribution is 5.97. The Balaban J connectivity index is 2.18. The number of fused-ring (bicyclic) bond motifs is 1. The van der Waals surface area contributed by atoms with Gasteiger partial charge < -0.3 is 20.1 Å². The summed E-state index contributed by atoms with van der Waals surface area (Å²) in [6.45, 7) is 0.146. The van der Waals surface area contributed by atoms with Crippen LogP contribution < -0.4 is 10.7 Å². The molecule has 20 heavy (non-hydrogen) atoms. The van der Waals surface area contributed by atoms with Gasteiger partial charge in [-0.1, -0.05) is 12.1 Å². The van der Waals surface area contributed by atoms with Crippen molar-refractivity contribution in [1.82, 2.24) is 10.3 Å². The lowest BCUT2D eigenvalue weighted by atomic mass is 10.1. The van der Waals surface area contributed by atoms with E-state index >= 15 is 0 Å². The predicted octanol–water partition coefficient (Wildman–Crippen LogP) is 0.265. The van der Waals surface area contributed by atoms with Crippen molar-refractivity contribution in [3.8, 4) is 0 Å². The molecule has 0 saturated heterocycles. The van der Waals surface area contributed by atoms with Crippen LogP contribution in [0, 0.1) is 0 Å². The third-order valence-corrected chi connectivity index (χ3v) is 2.89. The fourth-order valence-corrected chi connectivity index (χ4v) is 1.89. The molecule has 0 aliphatic heterocycles. The van der Waals surface area contributed by atoms with Crippen LogP contribution in [0.25, 0.3) is 10.9 Å². The van der Waals surface area contributed by atoms with Crippen LogP contribution in [0.15, 0.2) is 35.3 Å². The summed E-state index contributed by atoms with van der Waals surface area (Å²) in [6, 6.07) is 6.96. The van der Waals surface area contributed by atoms with Crippen molar-refractivity contribution in [1.29, 1.82) is 0 Å². The van der Waals surface area contributed by atoms with Gasteiger partial charge >= 0.3 is 0 Å². The van der Waals surface area contributed by atoms with Crippen molar-refractivity contribution < 1.29 is 14.6 Å². The van der Waals surface area contributed by atoms with E-state index in [-0.39, 0.29) is 24.1 Å². The monoisotopic (exact) mass is 276 g/mol. The van der Waals surface area contributed by atoms with Gasteiger partial charge in [0.15, 0.2) is 0 Å². The van der Waals surface area contributed by atoms with Gasteiger partial charge in [0.2, 0.25) is 5.43 Å². The minimum absolute atomic E-state index is 0.0216. The zero-order chi connectivity index (χ0) is 14.5. The summed E-state index contributed by atoms with van der Waals surface area (Å²) in [5, 5.41) is 12.4. The normalized spacial score (nSPS) is 12.3. The Morgan fingerprint density at radius 2 is 2.20 bits per heavy atom. The number of rotatable bonds is 5. The number of para-hydroxylation sites is 1. The minimum atomic E-state index is -0.802. The number of hydrogen-bond acceptors (Lipinski definition) is 4. The first-order chi connectivity index (χ1) is 9.63. The minimum Gasteiger partial charge on any atom is -0.389 e. The smallest absolute Gasteiger partial charge is 0.256 e. The summed E-state index contributed by atoms with van der Waals surface area (Å²) in [6.07, 6.45) is 0.575. The molecule has 0 aliphatic rings. The Hall–Kier alpha value is -2.18. The van der Waals surface area contributed by atoms with Gasteiger partial charge in [0.1, 0.15) is 5.56 Å². The summed E-state index contributed by atoms with van der Waals surface area (Å²) in [5.41, 5.74) is 0.361. The van der Waals surface area contributed by atoms with E-state index in [4.69, 9.17) is 4.74 Å². The van der Waals surface area contributed by atoms with Crippen LogP contribution in [0.2, 0.25) is 0 Å². The molecular weight excluding hydrogens is 260 g/mol.